The normalized spacial score (nSPS) is 10.2. The molecule has 0 aliphatic heterocycles. The molecule has 1 heterocycles. The van der Waals surface area contributed by atoms with Crippen LogP contribution in [0.5, 0.6) is 0 Å². The molecule has 17 heavy (non-hydrogen) atoms. The van der Waals surface area contributed by atoms with Crippen LogP contribution in [-0.2, 0) is 0 Å². The zero-order valence-electron chi connectivity index (χ0n) is 9.59. The van der Waals surface area contributed by atoms with E-state index in [2.05, 4.69) is 10.3 Å². The number of carbonyl (C=O) groups is 1. The topological polar surface area (TPSA) is 42.0 Å². The number of aromatic nitrogens is 1. The van der Waals surface area contributed by atoms with Gasteiger partial charge in [-0.1, -0.05) is 24.4 Å². The lowest BCUT2D eigenvalue weighted by molar-refractivity contribution is 0.0948. The van der Waals surface area contributed by atoms with Crippen LogP contribution in [0.3, 0.4) is 0 Å². The molecule has 0 saturated carbocycles. The quantitative estimate of drug-likeness (QED) is 0.613. The summed E-state index contributed by atoms with van der Waals surface area (Å²) < 4.78 is 0. The zero-order chi connectivity index (χ0) is 12.5. The third-order valence-corrected chi connectivity index (χ3v) is 2.80. The molecule has 1 aromatic rings. The van der Waals surface area contributed by atoms with Gasteiger partial charge in [0.05, 0.1) is 5.02 Å². The minimum Gasteiger partial charge on any atom is -0.351 e. The van der Waals surface area contributed by atoms with Crippen LogP contribution in [0.4, 0.5) is 0 Å². The van der Waals surface area contributed by atoms with E-state index in [1.54, 1.807) is 12.1 Å². The highest BCUT2D eigenvalue weighted by atomic mass is 35.5. The molecule has 0 atom stereocenters. The first-order valence-corrected chi connectivity index (χ1v) is 6.61. The SMILES string of the molecule is O=C(NCCCCCCCl)c1ccc(Cl)cn1. The summed E-state index contributed by atoms with van der Waals surface area (Å²) >= 11 is 11.3. The maximum Gasteiger partial charge on any atom is 0.269 e. The Bertz CT molecular complexity index is 341. The summed E-state index contributed by atoms with van der Waals surface area (Å²) in [6.45, 7) is 0.672. The van der Waals surface area contributed by atoms with Gasteiger partial charge in [0.15, 0.2) is 0 Å². The molecule has 0 radical (unpaired) electrons. The van der Waals surface area contributed by atoms with Gasteiger partial charge in [-0.2, -0.15) is 0 Å². The monoisotopic (exact) mass is 274 g/mol. The fraction of sp³-hybridized carbons (Fsp3) is 0.500. The average molecular weight is 275 g/mol. The minimum atomic E-state index is -0.154. The number of nitrogens with zero attached hydrogens (tertiary/aromatic N) is 1. The molecule has 0 saturated heterocycles. The fourth-order valence-corrected chi connectivity index (χ4v) is 1.68. The summed E-state index contributed by atoms with van der Waals surface area (Å²) in [5.41, 5.74) is 0.398. The van der Waals surface area contributed by atoms with Crippen molar-refractivity contribution in [2.45, 2.75) is 25.7 Å². The van der Waals surface area contributed by atoms with Crippen LogP contribution in [0.2, 0.25) is 5.02 Å². The van der Waals surface area contributed by atoms with Gasteiger partial charge in [-0.25, -0.2) is 4.98 Å². The lowest BCUT2D eigenvalue weighted by atomic mass is 10.2. The number of alkyl halides is 1. The predicted molar refractivity (Wildman–Crippen MR) is 70.8 cm³/mol. The van der Waals surface area contributed by atoms with E-state index in [1.165, 1.54) is 6.20 Å². The third-order valence-electron chi connectivity index (χ3n) is 2.31. The molecule has 0 aromatic carbocycles. The van der Waals surface area contributed by atoms with Crippen molar-refractivity contribution in [3.8, 4) is 0 Å². The highest BCUT2D eigenvalue weighted by Gasteiger charge is 2.05. The van der Waals surface area contributed by atoms with Crippen LogP contribution in [0, 0.1) is 0 Å². The third kappa shape index (κ3) is 5.89. The van der Waals surface area contributed by atoms with E-state index in [4.69, 9.17) is 23.2 Å². The van der Waals surface area contributed by atoms with Crippen LogP contribution in [0.25, 0.3) is 0 Å². The number of hydrogen-bond acceptors (Lipinski definition) is 2. The number of carbonyl (C=O) groups excluding carboxylic acids is 1. The molecule has 1 aromatic heterocycles. The Labute approximate surface area is 112 Å². The highest BCUT2D eigenvalue weighted by molar-refractivity contribution is 6.30. The van der Waals surface area contributed by atoms with E-state index in [-0.39, 0.29) is 5.91 Å². The largest absolute Gasteiger partial charge is 0.351 e. The van der Waals surface area contributed by atoms with Crippen molar-refractivity contribution in [3.63, 3.8) is 0 Å². The van der Waals surface area contributed by atoms with E-state index in [0.29, 0.717) is 23.1 Å². The summed E-state index contributed by atoms with van der Waals surface area (Å²) in [4.78, 5) is 15.6. The number of rotatable bonds is 7. The summed E-state index contributed by atoms with van der Waals surface area (Å²) in [6.07, 6.45) is 5.67. The fourth-order valence-electron chi connectivity index (χ4n) is 1.38. The Morgan fingerprint density at radius 1 is 1.24 bits per heavy atom. The number of pyridine rings is 1. The van der Waals surface area contributed by atoms with Crippen LogP contribution in [0.1, 0.15) is 36.2 Å². The maximum absolute atomic E-state index is 11.6. The molecular formula is C12H16Cl2N2O. The van der Waals surface area contributed by atoms with Crippen molar-refractivity contribution in [2.75, 3.05) is 12.4 Å². The first kappa shape index (κ1) is 14.3. The van der Waals surface area contributed by atoms with Gasteiger partial charge in [0.1, 0.15) is 5.69 Å². The van der Waals surface area contributed by atoms with Crippen molar-refractivity contribution < 1.29 is 4.79 Å². The lowest BCUT2D eigenvalue weighted by Gasteiger charge is -2.04. The van der Waals surface area contributed by atoms with Gasteiger partial charge in [0.2, 0.25) is 0 Å². The number of hydrogen-bond donors (Lipinski definition) is 1. The maximum atomic E-state index is 11.6. The van der Waals surface area contributed by atoms with E-state index in [1.807, 2.05) is 0 Å². The molecule has 0 aliphatic carbocycles. The second-order valence-corrected chi connectivity index (χ2v) is 4.54. The van der Waals surface area contributed by atoms with Crippen molar-refractivity contribution in [1.29, 1.82) is 0 Å². The molecule has 0 fully saturated rings. The Morgan fingerprint density at radius 3 is 2.65 bits per heavy atom. The molecule has 1 amide bonds. The summed E-state index contributed by atoms with van der Waals surface area (Å²) in [5, 5.41) is 3.35. The van der Waals surface area contributed by atoms with Gasteiger partial charge in [-0.15, -0.1) is 11.6 Å². The van der Waals surface area contributed by atoms with E-state index in [9.17, 15) is 4.79 Å². The number of halogens is 2. The van der Waals surface area contributed by atoms with Crippen LogP contribution < -0.4 is 5.32 Å². The molecule has 5 heteroatoms. The molecule has 94 valence electrons. The van der Waals surface area contributed by atoms with E-state index in [0.717, 1.165) is 25.7 Å². The van der Waals surface area contributed by atoms with Gasteiger partial charge in [0.25, 0.3) is 5.91 Å². The molecule has 3 nitrogen and oxygen atoms in total. The van der Waals surface area contributed by atoms with E-state index >= 15 is 0 Å². The van der Waals surface area contributed by atoms with Gasteiger partial charge in [-0.05, 0) is 25.0 Å². The second kappa shape index (κ2) is 8.31. The molecule has 0 aliphatic rings. The molecule has 0 bridgehead atoms. The number of nitrogens with one attached hydrogen (secondary N) is 1. The minimum absolute atomic E-state index is 0.154. The zero-order valence-corrected chi connectivity index (χ0v) is 11.1. The first-order valence-electron chi connectivity index (χ1n) is 5.70. The van der Waals surface area contributed by atoms with Crippen molar-refractivity contribution >= 4 is 29.1 Å². The van der Waals surface area contributed by atoms with Crippen LogP contribution in [-0.4, -0.2) is 23.3 Å². The second-order valence-electron chi connectivity index (χ2n) is 3.72. The summed E-state index contributed by atoms with van der Waals surface area (Å²) in [6, 6.07) is 3.27. The Hall–Kier alpha value is -0.800. The van der Waals surface area contributed by atoms with Gasteiger partial charge < -0.3 is 5.32 Å². The highest BCUT2D eigenvalue weighted by Crippen LogP contribution is 2.06. The molecule has 0 unspecified atom stereocenters. The number of amides is 1. The number of unbranched alkanes of at least 4 members (excludes halogenated alkanes) is 3. The van der Waals surface area contributed by atoms with Crippen molar-refractivity contribution in [1.82, 2.24) is 10.3 Å². The summed E-state index contributed by atoms with van der Waals surface area (Å²) in [7, 11) is 0. The van der Waals surface area contributed by atoms with Crippen molar-refractivity contribution in [3.05, 3.63) is 29.0 Å². The lowest BCUT2D eigenvalue weighted by Crippen LogP contribution is -2.25. The van der Waals surface area contributed by atoms with Crippen LogP contribution >= 0.6 is 23.2 Å². The first-order chi connectivity index (χ1) is 8.24. The molecule has 0 spiro atoms. The Kier molecular flexibility index (Phi) is 6.97. The van der Waals surface area contributed by atoms with Crippen LogP contribution in [0.15, 0.2) is 18.3 Å². The Morgan fingerprint density at radius 2 is 2.00 bits per heavy atom. The van der Waals surface area contributed by atoms with Crippen molar-refractivity contribution in [2.24, 2.45) is 0 Å². The standard InChI is InChI=1S/C12H16Cl2N2O/c13-7-3-1-2-4-8-15-12(17)11-6-5-10(14)9-16-11/h5-6,9H,1-4,7-8H2,(H,15,17). The predicted octanol–water partition coefficient (Wildman–Crippen LogP) is 3.26. The smallest absolute Gasteiger partial charge is 0.269 e. The average Bonchev–Trinajstić information content (AvgIpc) is 2.34. The van der Waals surface area contributed by atoms with Gasteiger partial charge in [-0.3, -0.25) is 4.79 Å². The molecule has 1 N–H and O–H groups in total. The Balaban J connectivity index is 2.19. The molecule has 1 rings (SSSR count). The summed E-state index contributed by atoms with van der Waals surface area (Å²) in [5.74, 6) is 0.556. The molecular weight excluding hydrogens is 259 g/mol. The van der Waals surface area contributed by atoms with E-state index < -0.39 is 0 Å². The van der Waals surface area contributed by atoms with Gasteiger partial charge in [0, 0.05) is 18.6 Å². The van der Waals surface area contributed by atoms with Gasteiger partial charge >= 0.3 is 0 Å².